The highest BCUT2D eigenvalue weighted by Crippen LogP contribution is 2.22. The average Bonchev–Trinajstić information content (AvgIpc) is 2.73. The van der Waals surface area contributed by atoms with Gasteiger partial charge in [0.1, 0.15) is 11.5 Å². The summed E-state index contributed by atoms with van der Waals surface area (Å²) in [6, 6.07) is 19.7. The molecule has 0 unspecified atom stereocenters. The van der Waals surface area contributed by atoms with Crippen molar-refractivity contribution >= 4 is 12.0 Å². The van der Waals surface area contributed by atoms with Gasteiger partial charge in [0, 0.05) is 32.1 Å². The number of amides is 1. The Kier molecular flexibility index (Phi) is 6.58. The Morgan fingerprint density at radius 1 is 1.07 bits per heavy atom. The van der Waals surface area contributed by atoms with E-state index in [1.807, 2.05) is 74.6 Å². The van der Waals surface area contributed by atoms with Gasteiger partial charge in [0.2, 0.25) is 5.91 Å². The van der Waals surface area contributed by atoms with Crippen molar-refractivity contribution in [1.29, 1.82) is 0 Å². The molecule has 4 nitrogen and oxygen atoms in total. The molecule has 28 heavy (non-hydrogen) atoms. The van der Waals surface area contributed by atoms with Gasteiger partial charge < -0.3 is 9.64 Å². The molecule has 3 aromatic rings. The Labute approximate surface area is 166 Å². The van der Waals surface area contributed by atoms with Crippen LogP contribution in [0.15, 0.2) is 79.1 Å². The third-order valence-corrected chi connectivity index (χ3v) is 4.37. The largest absolute Gasteiger partial charge is 0.457 e. The lowest BCUT2D eigenvalue weighted by atomic mass is 10.1. The Balaban J connectivity index is 1.54. The smallest absolute Gasteiger partial charge is 0.246 e. The molecule has 0 fully saturated rings. The van der Waals surface area contributed by atoms with E-state index in [1.165, 1.54) is 5.56 Å². The number of carbonyl (C=O) groups excluding carboxylic acids is 1. The summed E-state index contributed by atoms with van der Waals surface area (Å²) in [6.45, 7) is 2.68. The van der Waals surface area contributed by atoms with Gasteiger partial charge in [-0.25, -0.2) is 0 Å². The van der Waals surface area contributed by atoms with Gasteiger partial charge in [-0.15, -0.1) is 0 Å². The third-order valence-electron chi connectivity index (χ3n) is 4.37. The molecule has 0 saturated heterocycles. The summed E-state index contributed by atoms with van der Waals surface area (Å²) in [5.41, 5.74) is 3.23. The van der Waals surface area contributed by atoms with E-state index in [-0.39, 0.29) is 5.91 Å². The van der Waals surface area contributed by atoms with Crippen molar-refractivity contribution in [2.45, 2.75) is 13.3 Å². The summed E-state index contributed by atoms with van der Waals surface area (Å²) < 4.78 is 5.92. The van der Waals surface area contributed by atoms with Crippen LogP contribution in [-0.2, 0) is 11.2 Å². The molecule has 0 bridgehead atoms. The molecule has 3 rings (SSSR count). The fourth-order valence-corrected chi connectivity index (χ4v) is 2.68. The quantitative estimate of drug-likeness (QED) is 0.554. The molecule has 142 valence electrons. The summed E-state index contributed by atoms with van der Waals surface area (Å²) in [5, 5.41) is 0. The van der Waals surface area contributed by atoms with Crippen LogP contribution < -0.4 is 4.74 Å². The molecule has 2 aromatic carbocycles. The van der Waals surface area contributed by atoms with E-state index in [1.54, 1.807) is 29.4 Å². The molecule has 0 aliphatic heterocycles. The molecular formula is C24H24N2O2. The van der Waals surface area contributed by atoms with Crippen molar-refractivity contribution in [3.8, 4) is 11.5 Å². The highest BCUT2D eigenvalue weighted by atomic mass is 16.5. The summed E-state index contributed by atoms with van der Waals surface area (Å²) >= 11 is 0. The topological polar surface area (TPSA) is 42.4 Å². The molecule has 4 heteroatoms. The third kappa shape index (κ3) is 5.81. The average molecular weight is 372 g/mol. The number of rotatable bonds is 7. The zero-order chi connectivity index (χ0) is 19.8. The molecule has 0 N–H and O–H groups in total. The van der Waals surface area contributed by atoms with Crippen LogP contribution in [0.3, 0.4) is 0 Å². The number of aryl methyl sites for hydroxylation is 1. The van der Waals surface area contributed by atoms with Gasteiger partial charge in [0.25, 0.3) is 0 Å². The maximum Gasteiger partial charge on any atom is 0.246 e. The van der Waals surface area contributed by atoms with Crippen LogP contribution in [0.4, 0.5) is 0 Å². The van der Waals surface area contributed by atoms with Crippen molar-refractivity contribution in [1.82, 2.24) is 9.88 Å². The second-order valence-electron chi connectivity index (χ2n) is 6.69. The molecule has 0 radical (unpaired) electrons. The maximum absolute atomic E-state index is 12.3. The van der Waals surface area contributed by atoms with Crippen LogP contribution in [0.2, 0.25) is 0 Å². The Morgan fingerprint density at radius 2 is 1.89 bits per heavy atom. The zero-order valence-electron chi connectivity index (χ0n) is 16.2. The number of hydrogen-bond acceptors (Lipinski definition) is 3. The Bertz CT molecular complexity index is 934. The molecule has 0 saturated carbocycles. The number of benzene rings is 2. The van der Waals surface area contributed by atoms with Gasteiger partial charge in [-0.2, -0.15) is 0 Å². The fourth-order valence-electron chi connectivity index (χ4n) is 2.68. The molecule has 1 heterocycles. The minimum Gasteiger partial charge on any atom is -0.457 e. The minimum absolute atomic E-state index is 0.0316. The van der Waals surface area contributed by atoms with Crippen LogP contribution in [-0.4, -0.2) is 29.4 Å². The second-order valence-corrected chi connectivity index (χ2v) is 6.69. The van der Waals surface area contributed by atoms with Crippen LogP contribution in [0, 0.1) is 6.92 Å². The van der Waals surface area contributed by atoms with E-state index in [9.17, 15) is 4.79 Å². The van der Waals surface area contributed by atoms with Gasteiger partial charge >= 0.3 is 0 Å². The summed E-state index contributed by atoms with van der Waals surface area (Å²) in [6.07, 6.45) is 7.55. The van der Waals surface area contributed by atoms with Crippen molar-refractivity contribution in [2.24, 2.45) is 0 Å². The van der Waals surface area contributed by atoms with Crippen molar-refractivity contribution in [3.63, 3.8) is 0 Å². The van der Waals surface area contributed by atoms with Crippen molar-refractivity contribution in [3.05, 3.63) is 95.8 Å². The van der Waals surface area contributed by atoms with Gasteiger partial charge in [0.05, 0.1) is 0 Å². The lowest BCUT2D eigenvalue weighted by Crippen LogP contribution is -2.27. The fraction of sp³-hybridized carbons (Fsp3) is 0.167. The first-order chi connectivity index (χ1) is 13.6. The predicted octanol–water partition coefficient (Wildman–Crippen LogP) is 4.90. The second kappa shape index (κ2) is 9.51. The predicted molar refractivity (Wildman–Crippen MR) is 112 cm³/mol. The number of nitrogens with zero attached hydrogens (tertiary/aromatic N) is 2. The van der Waals surface area contributed by atoms with Crippen LogP contribution in [0.5, 0.6) is 11.5 Å². The number of pyridine rings is 1. The molecule has 1 aromatic heterocycles. The Morgan fingerprint density at radius 3 is 2.64 bits per heavy atom. The lowest BCUT2D eigenvalue weighted by molar-refractivity contribution is -0.124. The van der Waals surface area contributed by atoms with E-state index in [0.29, 0.717) is 6.54 Å². The van der Waals surface area contributed by atoms with E-state index in [4.69, 9.17) is 4.74 Å². The summed E-state index contributed by atoms with van der Waals surface area (Å²) in [7, 11) is 1.81. The first-order valence-corrected chi connectivity index (χ1v) is 9.27. The number of ether oxygens (including phenoxy) is 1. The van der Waals surface area contributed by atoms with Gasteiger partial charge in [-0.1, -0.05) is 35.9 Å². The van der Waals surface area contributed by atoms with Gasteiger partial charge in [0.15, 0.2) is 0 Å². The number of carbonyl (C=O) groups is 1. The van der Waals surface area contributed by atoms with Crippen LogP contribution in [0.1, 0.15) is 16.7 Å². The highest BCUT2D eigenvalue weighted by molar-refractivity contribution is 5.91. The molecule has 0 aliphatic rings. The zero-order valence-corrected chi connectivity index (χ0v) is 16.2. The minimum atomic E-state index is -0.0316. The number of likely N-dealkylation sites (N-methyl/N-ethyl adjacent to an activating group) is 1. The Hall–Kier alpha value is -3.40. The lowest BCUT2D eigenvalue weighted by Gasteiger charge is -2.15. The highest BCUT2D eigenvalue weighted by Gasteiger charge is 2.06. The van der Waals surface area contributed by atoms with Crippen LogP contribution in [0.25, 0.3) is 6.08 Å². The molecule has 0 spiro atoms. The van der Waals surface area contributed by atoms with Crippen LogP contribution >= 0.6 is 0 Å². The van der Waals surface area contributed by atoms with E-state index >= 15 is 0 Å². The standard InChI is InChI=1S/C24H24N2O2/c1-19-8-11-22(12-9-19)28-23-7-3-5-20(17-23)14-16-26(2)24(27)13-10-21-6-4-15-25-18-21/h3-13,15,17-18H,14,16H2,1-2H3. The molecule has 1 amide bonds. The van der Waals surface area contributed by atoms with Gasteiger partial charge in [-0.3, -0.25) is 9.78 Å². The monoisotopic (exact) mass is 372 g/mol. The van der Waals surface area contributed by atoms with Crippen molar-refractivity contribution in [2.75, 3.05) is 13.6 Å². The SMILES string of the molecule is Cc1ccc(Oc2cccc(CCN(C)C(=O)C=Cc3cccnc3)c2)cc1. The summed E-state index contributed by atoms with van der Waals surface area (Å²) in [5.74, 6) is 1.58. The molecular weight excluding hydrogens is 348 g/mol. The van der Waals surface area contributed by atoms with E-state index in [0.717, 1.165) is 29.0 Å². The summed E-state index contributed by atoms with van der Waals surface area (Å²) in [4.78, 5) is 18.0. The maximum atomic E-state index is 12.3. The normalized spacial score (nSPS) is 10.8. The number of hydrogen-bond donors (Lipinski definition) is 0. The van der Waals surface area contributed by atoms with E-state index in [2.05, 4.69) is 4.98 Å². The van der Waals surface area contributed by atoms with E-state index < -0.39 is 0 Å². The van der Waals surface area contributed by atoms with Crippen molar-refractivity contribution < 1.29 is 9.53 Å². The number of aromatic nitrogens is 1. The van der Waals surface area contributed by atoms with Gasteiger partial charge in [-0.05, 0) is 60.9 Å². The molecule has 0 aliphatic carbocycles. The first kappa shape index (κ1) is 19.4. The first-order valence-electron chi connectivity index (χ1n) is 9.27. The molecule has 0 atom stereocenters.